The molecule has 4 rings (SSSR count). The molecule has 0 saturated carbocycles. The molecule has 0 spiro atoms. The summed E-state index contributed by atoms with van der Waals surface area (Å²) in [6.45, 7) is 0.108. The fourth-order valence-corrected chi connectivity index (χ4v) is 5.12. The molecule has 1 heterocycles. The molecule has 10 nitrogen and oxygen atoms in total. The molecule has 0 fully saturated rings. The molecule has 3 N–H and O–H groups in total. The number of ether oxygens (including phenoxy) is 1. The lowest BCUT2D eigenvalue weighted by Gasteiger charge is -2.16. The Hall–Kier alpha value is -4.06. The number of aliphatic hydroxyl groups is 1. The second-order valence-corrected chi connectivity index (χ2v) is 10.7. The van der Waals surface area contributed by atoms with Gasteiger partial charge in [-0.1, -0.05) is 18.2 Å². The first-order valence-electron chi connectivity index (χ1n) is 11.8. The van der Waals surface area contributed by atoms with Crippen LogP contribution in [0, 0.1) is 0 Å². The first-order chi connectivity index (χ1) is 18.2. The van der Waals surface area contributed by atoms with Crippen molar-refractivity contribution >= 4 is 44.0 Å². The Bertz CT molecular complexity index is 1560. The number of nitrogens with one attached hydrogen (secondary N) is 2. The molecule has 11 heteroatoms. The topological polar surface area (TPSA) is 134 Å². The second kappa shape index (κ2) is 11.5. The fraction of sp³-hybridized carbons (Fsp3) is 0.222. The van der Waals surface area contributed by atoms with Gasteiger partial charge in [-0.3, -0.25) is 4.79 Å². The maximum absolute atomic E-state index is 13.8. The number of nitrogens with zero attached hydrogens (tertiary/aromatic N) is 3. The van der Waals surface area contributed by atoms with Crippen LogP contribution in [0.4, 0.5) is 17.2 Å². The summed E-state index contributed by atoms with van der Waals surface area (Å²) in [6.07, 6.45) is 0.344. The number of anilines is 3. The first kappa shape index (κ1) is 27.0. The fourth-order valence-electron chi connectivity index (χ4n) is 3.83. The minimum absolute atomic E-state index is 0.00281. The van der Waals surface area contributed by atoms with Crippen LogP contribution in [0.2, 0.25) is 0 Å². The molecule has 1 aromatic heterocycles. The Morgan fingerprint density at radius 1 is 1.00 bits per heavy atom. The van der Waals surface area contributed by atoms with Gasteiger partial charge in [0.25, 0.3) is 0 Å². The third-order valence-corrected chi connectivity index (χ3v) is 7.34. The van der Waals surface area contributed by atoms with Crippen molar-refractivity contribution in [1.82, 2.24) is 14.9 Å². The van der Waals surface area contributed by atoms with Crippen LogP contribution >= 0.6 is 0 Å². The SMILES string of the molecule is COc1ccc(CCO)c(Nc2nc3ccccc3nc2S(=O)(=O)c2ccc(NC(=O)CN(C)C)cc2)c1. The number of methoxy groups -OCH3 is 1. The smallest absolute Gasteiger partial charge is 0.238 e. The molecule has 0 atom stereocenters. The minimum Gasteiger partial charge on any atom is -0.497 e. The number of hydrogen-bond donors (Lipinski definition) is 3. The lowest BCUT2D eigenvalue weighted by atomic mass is 10.1. The van der Waals surface area contributed by atoms with Crippen LogP contribution in [0.15, 0.2) is 76.7 Å². The molecule has 198 valence electrons. The van der Waals surface area contributed by atoms with Crippen molar-refractivity contribution in [2.24, 2.45) is 0 Å². The van der Waals surface area contributed by atoms with Crippen LogP contribution in [0.5, 0.6) is 5.75 Å². The molecule has 0 bridgehead atoms. The van der Waals surface area contributed by atoms with E-state index in [1.54, 1.807) is 61.5 Å². The van der Waals surface area contributed by atoms with Crippen LogP contribution in [0.3, 0.4) is 0 Å². The van der Waals surface area contributed by atoms with Gasteiger partial charge in [0, 0.05) is 24.0 Å². The van der Waals surface area contributed by atoms with E-state index in [4.69, 9.17) is 4.74 Å². The molecular formula is C27H29N5O5S. The highest BCUT2D eigenvalue weighted by atomic mass is 32.2. The van der Waals surface area contributed by atoms with Crippen molar-refractivity contribution < 1.29 is 23.1 Å². The average Bonchev–Trinajstić information content (AvgIpc) is 2.89. The molecule has 0 aliphatic rings. The number of benzene rings is 3. The number of sulfone groups is 1. The van der Waals surface area contributed by atoms with Crippen molar-refractivity contribution in [3.63, 3.8) is 0 Å². The lowest BCUT2D eigenvalue weighted by Crippen LogP contribution is -2.27. The number of aromatic nitrogens is 2. The third kappa shape index (κ3) is 6.08. The van der Waals surface area contributed by atoms with E-state index in [0.29, 0.717) is 34.6 Å². The summed E-state index contributed by atoms with van der Waals surface area (Å²) in [5, 5.41) is 15.1. The first-order valence-corrected chi connectivity index (χ1v) is 13.3. The average molecular weight is 536 g/mol. The van der Waals surface area contributed by atoms with Crippen molar-refractivity contribution in [3.8, 4) is 5.75 Å². The zero-order valence-electron chi connectivity index (χ0n) is 21.3. The zero-order chi connectivity index (χ0) is 27.3. The Labute approximate surface area is 221 Å². The molecular weight excluding hydrogens is 506 g/mol. The summed E-state index contributed by atoms with van der Waals surface area (Å²) in [5.41, 5.74) is 2.71. The lowest BCUT2D eigenvalue weighted by molar-refractivity contribution is -0.116. The monoisotopic (exact) mass is 535 g/mol. The predicted octanol–water partition coefficient (Wildman–Crippen LogP) is 3.25. The summed E-state index contributed by atoms with van der Waals surface area (Å²) in [4.78, 5) is 22.9. The molecule has 0 aliphatic carbocycles. The number of likely N-dealkylation sites (N-methyl/N-ethyl adjacent to an activating group) is 1. The van der Waals surface area contributed by atoms with E-state index in [2.05, 4.69) is 20.6 Å². The Morgan fingerprint density at radius 3 is 2.32 bits per heavy atom. The molecule has 38 heavy (non-hydrogen) atoms. The number of fused-ring (bicyclic) bond motifs is 1. The maximum atomic E-state index is 13.8. The molecule has 3 aromatic carbocycles. The van der Waals surface area contributed by atoms with Crippen molar-refractivity contribution in [2.75, 3.05) is 45.0 Å². The van der Waals surface area contributed by atoms with Gasteiger partial charge in [-0.15, -0.1) is 0 Å². The van der Waals surface area contributed by atoms with Gasteiger partial charge in [-0.05, 0) is 68.5 Å². The van der Waals surface area contributed by atoms with E-state index in [1.165, 1.54) is 31.4 Å². The van der Waals surface area contributed by atoms with Gasteiger partial charge in [-0.2, -0.15) is 0 Å². The summed E-state index contributed by atoms with van der Waals surface area (Å²) < 4.78 is 32.9. The normalized spacial score (nSPS) is 11.5. The molecule has 0 unspecified atom stereocenters. The largest absolute Gasteiger partial charge is 0.497 e. The molecule has 0 aliphatic heterocycles. The number of carbonyl (C=O) groups excluding carboxylic acids is 1. The summed E-state index contributed by atoms with van der Waals surface area (Å²) in [5.74, 6) is 0.383. The van der Waals surface area contributed by atoms with Gasteiger partial charge in [0.05, 0.1) is 29.6 Å². The van der Waals surface area contributed by atoms with Gasteiger partial charge < -0.3 is 25.4 Å². The van der Waals surface area contributed by atoms with Crippen molar-refractivity contribution in [2.45, 2.75) is 16.3 Å². The predicted molar refractivity (Wildman–Crippen MR) is 146 cm³/mol. The van der Waals surface area contributed by atoms with Gasteiger partial charge in [0.1, 0.15) is 5.75 Å². The summed E-state index contributed by atoms with van der Waals surface area (Å²) in [7, 11) is 0.970. The number of amides is 1. The number of aliphatic hydroxyl groups excluding tert-OH is 1. The highest BCUT2D eigenvalue weighted by molar-refractivity contribution is 7.91. The highest BCUT2D eigenvalue weighted by Gasteiger charge is 2.26. The Kier molecular flexibility index (Phi) is 8.20. The maximum Gasteiger partial charge on any atom is 0.238 e. The van der Waals surface area contributed by atoms with E-state index in [-0.39, 0.29) is 34.8 Å². The Balaban J connectivity index is 1.76. The molecule has 1 amide bonds. The van der Waals surface area contributed by atoms with Gasteiger partial charge in [-0.25, -0.2) is 18.4 Å². The van der Waals surface area contributed by atoms with Gasteiger partial charge in [0.15, 0.2) is 5.82 Å². The standard InChI is InChI=1S/C27H29N5O5S/c1-32(2)17-25(34)28-19-9-12-21(13-10-19)38(35,36)27-26(29-22-6-4-5-7-23(22)31-27)30-24-16-20(37-3)11-8-18(24)14-15-33/h4-13,16,33H,14-15,17H2,1-3H3,(H,28,34)(H,29,30). The molecule has 4 aromatic rings. The van der Waals surface area contributed by atoms with Crippen LogP contribution < -0.4 is 15.4 Å². The van der Waals surface area contributed by atoms with Crippen LogP contribution in [0.1, 0.15) is 5.56 Å². The minimum atomic E-state index is -4.12. The van der Waals surface area contributed by atoms with E-state index in [0.717, 1.165) is 5.56 Å². The zero-order valence-corrected chi connectivity index (χ0v) is 22.1. The number of para-hydroxylation sites is 2. The Morgan fingerprint density at radius 2 is 1.68 bits per heavy atom. The summed E-state index contributed by atoms with van der Waals surface area (Å²) in [6, 6.07) is 18.2. The quantitative estimate of drug-likeness (QED) is 0.280. The second-order valence-electron chi connectivity index (χ2n) is 8.80. The number of hydrogen-bond acceptors (Lipinski definition) is 9. The number of carbonyl (C=O) groups is 1. The van der Waals surface area contributed by atoms with E-state index in [9.17, 15) is 18.3 Å². The van der Waals surface area contributed by atoms with Gasteiger partial charge >= 0.3 is 0 Å². The van der Waals surface area contributed by atoms with Crippen molar-refractivity contribution in [1.29, 1.82) is 0 Å². The van der Waals surface area contributed by atoms with E-state index in [1.807, 2.05) is 0 Å². The van der Waals surface area contributed by atoms with E-state index >= 15 is 0 Å². The molecule has 0 saturated heterocycles. The summed E-state index contributed by atoms with van der Waals surface area (Å²) >= 11 is 0. The van der Waals surface area contributed by atoms with Crippen LogP contribution in [-0.2, 0) is 21.1 Å². The highest BCUT2D eigenvalue weighted by Crippen LogP contribution is 2.32. The van der Waals surface area contributed by atoms with Crippen LogP contribution in [-0.4, -0.2) is 68.7 Å². The van der Waals surface area contributed by atoms with Gasteiger partial charge in [0.2, 0.25) is 20.8 Å². The molecule has 0 radical (unpaired) electrons. The van der Waals surface area contributed by atoms with Crippen molar-refractivity contribution in [3.05, 3.63) is 72.3 Å². The third-order valence-electron chi connectivity index (χ3n) is 5.65. The number of rotatable bonds is 10. The van der Waals surface area contributed by atoms with E-state index < -0.39 is 9.84 Å². The van der Waals surface area contributed by atoms with Crippen LogP contribution in [0.25, 0.3) is 11.0 Å².